The van der Waals surface area contributed by atoms with Crippen LogP contribution in [0.25, 0.3) is 0 Å². The monoisotopic (exact) mass is 419 g/mol. The maximum Gasteiger partial charge on any atom is 0.254 e. The molecule has 2 amide bonds. The van der Waals surface area contributed by atoms with E-state index in [1.165, 1.54) is 37.8 Å². The average Bonchev–Trinajstić information content (AvgIpc) is 3.13. The summed E-state index contributed by atoms with van der Waals surface area (Å²) in [6.07, 6.45) is 10.5. The molecule has 3 saturated heterocycles. The molecule has 4 heterocycles. The Morgan fingerprint density at radius 3 is 2.90 bits per heavy atom. The van der Waals surface area contributed by atoms with Gasteiger partial charge in [0.15, 0.2) is 0 Å². The van der Waals surface area contributed by atoms with Crippen molar-refractivity contribution in [2.45, 2.75) is 63.6 Å². The number of piperidine rings is 3. The van der Waals surface area contributed by atoms with E-state index < -0.39 is 0 Å². The topological polar surface area (TPSA) is 43.9 Å². The van der Waals surface area contributed by atoms with Crippen molar-refractivity contribution in [2.24, 2.45) is 11.8 Å². The van der Waals surface area contributed by atoms with Crippen LogP contribution in [-0.4, -0.2) is 64.8 Å². The van der Waals surface area contributed by atoms with Gasteiger partial charge in [-0.1, -0.05) is 36.3 Å². The number of carbonyl (C=O) groups excluding carboxylic acids is 2. The molecule has 5 nitrogen and oxygen atoms in total. The van der Waals surface area contributed by atoms with Crippen molar-refractivity contribution in [3.05, 3.63) is 47.0 Å². The van der Waals surface area contributed by atoms with Gasteiger partial charge in [-0.2, -0.15) is 0 Å². The van der Waals surface area contributed by atoms with E-state index in [0.29, 0.717) is 37.4 Å². The molecule has 1 aromatic carbocycles. The Labute approximate surface area is 185 Å². The molecule has 164 valence electrons. The van der Waals surface area contributed by atoms with Crippen LogP contribution in [0.4, 0.5) is 0 Å². The molecular weight excluding hydrogens is 386 g/mol. The zero-order chi connectivity index (χ0) is 20.9. The molecule has 6 rings (SSSR count). The van der Waals surface area contributed by atoms with Crippen LogP contribution in [0, 0.1) is 11.8 Å². The average molecular weight is 420 g/mol. The number of rotatable bonds is 3. The lowest BCUT2D eigenvalue weighted by atomic mass is 9.68. The van der Waals surface area contributed by atoms with Gasteiger partial charge in [-0.3, -0.25) is 14.5 Å². The molecule has 0 saturated carbocycles. The van der Waals surface area contributed by atoms with E-state index >= 15 is 0 Å². The number of likely N-dealkylation sites (tertiary alicyclic amines) is 1. The molecule has 5 heteroatoms. The van der Waals surface area contributed by atoms with Gasteiger partial charge in [-0.15, -0.1) is 0 Å². The summed E-state index contributed by atoms with van der Waals surface area (Å²) in [6, 6.07) is 8.86. The summed E-state index contributed by atoms with van der Waals surface area (Å²) in [6.45, 7) is 4.43. The van der Waals surface area contributed by atoms with Gasteiger partial charge >= 0.3 is 0 Å². The fourth-order valence-electron chi connectivity index (χ4n) is 7.12. The molecule has 4 atom stereocenters. The maximum atomic E-state index is 13.4. The number of fused-ring (bicyclic) bond motifs is 7. The van der Waals surface area contributed by atoms with Gasteiger partial charge in [0.1, 0.15) is 0 Å². The molecule has 1 aliphatic carbocycles. The van der Waals surface area contributed by atoms with Crippen molar-refractivity contribution in [1.82, 2.24) is 14.7 Å². The van der Waals surface area contributed by atoms with Crippen LogP contribution >= 0.6 is 0 Å². The SMILES string of the molecule is O=C1c2ccccc2CN1CCC(=O)N1CCCC2=C[C@H]3C[C@@H](CN4CCCC[C@@H]34)[C@H]21. The lowest BCUT2D eigenvalue weighted by molar-refractivity contribution is -0.136. The second-order valence-corrected chi connectivity index (χ2v) is 10.2. The minimum Gasteiger partial charge on any atom is -0.336 e. The summed E-state index contributed by atoms with van der Waals surface area (Å²) in [5, 5.41) is 0. The largest absolute Gasteiger partial charge is 0.336 e. The Hall–Kier alpha value is -2.14. The van der Waals surface area contributed by atoms with Crippen LogP contribution in [0.1, 0.15) is 60.9 Å². The van der Waals surface area contributed by atoms with Crippen LogP contribution in [0.15, 0.2) is 35.9 Å². The summed E-state index contributed by atoms with van der Waals surface area (Å²) >= 11 is 0. The number of amides is 2. The van der Waals surface area contributed by atoms with E-state index in [1.54, 1.807) is 0 Å². The molecule has 1 aromatic rings. The third-order valence-corrected chi connectivity index (χ3v) is 8.47. The summed E-state index contributed by atoms with van der Waals surface area (Å²) in [7, 11) is 0. The van der Waals surface area contributed by atoms with Crippen LogP contribution in [0.2, 0.25) is 0 Å². The number of nitrogens with zero attached hydrogens (tertiary/aromatic N) is 3. The van der Waals surface area contributed by atoms with Gasteiger partial charge in [-0.05, 0) is 62.1 Å². The van der Waals surface area contributed by atoms with E-state index in [-0.39, 0.29) is 11.8 Å². The van der Waals surface area contributed by atoms with Gasteiger partial charge in [0.2, 0.25) is 5.91 Å². The molecule has 3 fully saturated rings. The summed E-state index contributed by atoms with van der Waals surface area (Å²) < 4.78 is 0. The number of hydrogen-bond donors (Lipinski definition) is 0. The number of carbonyl (C=O) groups is 2. The zero-order valence-corrected chi connectivity index (χ0v) is 18.3. The normalized spacial score (nSPS) is 32.3. The van der Waals surface area contributed by atoms with Gasteiger partial charge in [0, 0.05) is 44.2 Å². The Balaban J connectivity index is 1.15. The van der Waals surface area contributed by atoms with Gasteiger partial charge in [0.05, 0.1) is 6.04 Å². The van der Waals surface area contributed by atoms with Gasteiger partial charge in [0.25, 0.3) is 5.91 Å². The Morgan fingerprint density at radius 1 is 1.10 bits per heavy atom. The fraction of sp³-hybridized carbons (Fsp3) is 0.615. The highest BCUT2D eigenvalue weighted by atomic mass is 16.2. The first-order valence-electron chi connectivity index (χ1n) is 12.3. The van der Waals surface area contributed by atoms with E-state index in [4.69, 9.17) is 0 Å². The molecule has 0 radical (unpaired) electrons. The summed E-state index contributed by atoms with van der Waals surface area (Å²) in [5.41, 5.74) is 3.42. The predicted octanol–water partition coefficient (Wildman–Crippen LogP) is 3.45. The van der Waals surface area contributed by atoms with Crippen molar-refractivity contribution in [2.75, 3.05) is 26.2 Å². The van der Waals surface area contributed by atoms with Crippen molar-refractivity contribution >= 4 is 11.8 Å². The molecule has 4 aliphatic heterocycles. The lowest BCUT2D eigenvalue weighted by Crippen LogP contribution is -2.60. The highest BCUT2D eigenvalue weighted by Crippen LogP contribution is 2.45. The first kappa shape index (κ1) is 19.5. The molecule has 0 spiro atoms. The van der Waals surface area contributed by atoms with Crippen LogP contribution < -0.4 is 0 Å². The summed E-state index contributed by atoms with van der Waals surface area (Å²) in [5.74, 6) is 1.59. The first-order valence-corrected chi connectivity index (χ1v) is 12.3. The van der Waals surface area contributed by atoms with Gasteiger partial charge < -0.3 is 9.80 Å². The predicted molar refractivity (Wildman–Crippen MR) is 119 cm³/mol. The van der Waals surface area contributed by atoms with E-state index in [1.807, 2.05) is 29.2 Å². The molecule has 5 aliphatic rings. The number of hydrogen-bond acceptors (Lipinski definition) is 3. The third kappa shape index (κ3) is 3.32. The van der Waals surface area contributed by atoms with E-state index in [0.717, 1.165) is 43.1 Å². The second-order valence-electron chi connectivity index (χ2n) is 10.2. The van der Waals surface area contributed by atoms with Gasteiger partial charge in [-0.25, -0.2) is 0 Å². The van der Waals surface area contributed by atoms with Crippen molar-refractivity contribution in [1.29, 1.82) is 0 Å². The molecule has 0 aromatic heterocycles. The molecular formula is C26H33N3O2. The molecule has 0 N–H and O–H groups in total. The fourth-order valence-corrected chi connectivity index (χ4v) is 7.12. The van der Waals surface area contributed by atoms with Crippen LogP contribution in [0.5, 0.6) is 0 Å². The Morgan fingerprint density at radius 2 is 2.00 bits per heavy atom. The maximum absolute atomic E-state index is 13.4. The van der Waals surface area contributed by atoms with Crippen molar-refractivity contribution < 1.29 is 9.59 Å². The lowest BCUT2D eigenvalue weighted by Gasteiger charge is -2.54. The smallest absolute Gasteiger partial charge is 0.254 e. The third-order valence-electron chi connectivity index (χ3n) is 8.47. The van der Waals surface area contributed by atoms with Crippen LogP contribution in [0.3, 0.4) is 0 Å². The van der Waals surface area contributed by atoms with Crippen LogP contribution in [-0.2, 0) is 11.3 Å². The summed E-state index contributed by atoms with van der Waals surface area (Å²) in [4.78, 5) is 32.8. The Bertz CT molecular complexity index is 925. The van der Waals surface area contributed by atoms with E-state index in [2.05, 4.69) is 15.9 Å². The standard InChI is InChI=1S/C26H33N3O2/c30-24(10-13-28-16-19-6-1-2-8-22(19)26(28)31)29-12-5-7-18-14-20-15-21(25(18)29)17-27-11-4-3-9-23(20)27/h1-2,6,8,14,20-21,23,25H,3-5,7,9-13,15-17H2/t20-,21-,23-,25-/m0/s1. The van der Waals surface area contributed by atoms with E-state index in [9.17, 15) is 9.59 Å². The molecule has 31 heavy (non-hydrogen) atoms. The first-order chi connectivity index (χ1) is 15.2. The minimum absolute atomic E-state index is 0.0755. The highest BCUT2D eigenvalue weighted by molar-refractivity contribution is 5.98. The van der Waals surface area contributed by atoms with Crippen molar-refractivity contribution in [3.8, 4) is 0 Å². The van der Waals surface area contributed by atoms with Crippen molar-refractivity contribution in [3.63, 3.8) is 0 Å². The quantitative estimate of drug-likeness (QED) is 0.705. The highest BCUT2D eigenvalue weighted by Gasteiger charge is 2.46. The molecule has 2 bridgehead atoms. The zero-order valence-electron chi connectivity index (χ0n) is 18.3. The Kier molecular flexibility index (Phi) is 4.90. The minimum atomic E-state index is 0.0755. The number of benzene rings is 1. The molecule has 0 unspecified atom stereocenters. The second kappa shape index (κ2) is 7.77.